The van der Waals surface area contributed by atoms with Crippen LogP contribution in [0.15, 0.2) is 60.8 Å². The SMILES string of the molecule is CN1CCN(Cc2cc3c(N4CCOCC4)nc(-c4ccc(NC(=O)Cc5ccc(OC=O)cc5)cc4)nn3c2)CC1.O=S=O. The Labute approximate surface area is 264 Å². The molecule has 2 aliphatic rings. The van der Waals surface area contributed by atoms with Gasteiger partial charge in [0.15, 0.2) is 11.6 Å². The molecule has 0 saturated carbocycles. The molecule has 2 aromatic heterocycles. The fourth-order valence-corrected chi connectivity index (χ4v) is 5.35. The van der Waals surface area contributed by atoms with Gasteiger partial charge < -0.3 is 24.6 Å². The summed E-state index contributed by atoms with van der Waals surface area (Å²) < 4.78 is 29.0. The molecule has 14 heteroatoms. The third-order valence-electron chi connectivity index (χ3n) is 7.71. The van der Waals surface area contributed by atoms with Crippen LogP contribution in [0.1, 0.15) is 11.1 Å². The average molecular weight is 634 g/mol. The first-order chi connectivity index (χ1) is 21.9. The van der Waals surface area contributed by atoms with Crippen LogP contribution in [0, 0.1) is 0 Å². The zero-order chi connectivity index (χ0) is 31.6. The lowest BCUT2D eigenvalue weighted by molar-refractivity contribution is -0.120. The van der Waals surface area contributed by atoms with Gasteiger partial charge in [0.1, 0.15) is 11.3 Å². The molecule has 236 valence electrons. The number of fused-ring (bicyclic) bond motifs is 1. The Morgan fingerprint density at radius 1 is 0.978 bits per heavy atom. The van der Waals surface area contributed by atoms with E-state index in [0.717, 1.165) is 68.3 Å². The quantitative estimate of drug-likeness (QED) is 0.271. The fourth-order valence-electron chi connectivity index (χ4n) is 5.35. The van der Waals surface area contributed by atoms with Gasteiger partial charge in [0.2, 0.25) is 5.91 Å². The van der Waals surface area contributed by atoms with Crippen LogP contribution in [0.4, 0.5) is 11.5 Å². The molecule has 0 radical (unpaired) electrons. The lowest BCUT2D eigenvalue weighted by Gasteiger charge is -2.32. The van der Waals surface area contributed by atoms with Crippen LogP contribution in [-0.4, -0.2) is 105 Å². The maximum absolute atomic E-state index is 12.6. The summed E-state index contributed by atoms with van der Waals surface area (Å²) in [7, 11) is 2.17. The van der Waals surface area contributed by atoms with E-state index in [-0.39, 0.29) is 12.3 Å². The Morgan fingerprint density at radius 2 is 1.67 bits per heavy atom. The zero-order valence-electron chi connectivity index (χ0n) is 25.0. The zero-order valence-corrected chi connectivity index (χ0v) is 25.8. The molecule has 4 aromatic rings. The third kappa shape index (κ3) is 8.57. The number of hydrogen-bond acceptors (Lipinski definition) is 11. The van der Waals surface area contributed by atoms with E-state index >= 15 is 0 Å². The molecular formula is C31H35N7O6S. The van der Waals surface area contributed by atoms with E-state index in [1.165, 1.54) is 5.56 Å². The van der Waals surface area contributed by atoms with Gasteiger partial charge in [0.25, 0.3) is 6.47 Å². The van der Waals surface area contributed by atoms with Crippen molar-refractivity contribution in [3.05, 3.63) is 71.9 Å². The standard InChI is InChI=1S/C31H35N7O4.O2S/c1-35-10-12-36(13-11-35)20-24-18-28-31(37-14-16-41-17-15-37)33-30(34-38(28)21-24)25-4-6-26(7-5-25)32-29(40)19-23-2-8-27(9-3-23)42-22-39;1-3-2/h2-9,18,21-22H,10-17,19-20H2,1H3,(H,32,40);. The van der Waals surface area contributed by atoms with Gasteiger partial charge in [0.05, 0.1) is 19.6 Å². The molecule has 4 heterocycles. The summed E-state index contributed by atoms with van der Waals surface area (Å²) in [5.41, 5.74) is 4.60. The number of benzene rings is 2. The van der Waals surface area contributed by atoms with Gasteiger partial charge in [0, 0.05) is 63.3 Å². The van der Waals surface area contributed by atoms with Gasteiger partial charge in [-0.3, -0.25) is 14.5 Å². The Bertz CT molecular complexity index is 1630. The summed E-state index contributed by atoms with van der Waals surface area (Å²) in [6, 6.07) is 16.7. The number of nitrogens with zero attached hydrogens (tertiary/aromatic N) is 6. The van der Waals surface area contributed by atoms with Crippen molar-refractivity contribution < 1.29 is 27.5 Å². The molecule has 0 unspecified atom stereocenters. The lowest BCUT2D eigenvalue weighted by Crippen LogP contribution is -2.43. The van der Waals surface area contributed by atoms with E-state index in [2.05, 4.69) is 39.3 Å². The van der Waals surface area contributed by atoms with Gasteiger partial charge in [-0.05, 0) is 60.6 Å². The number of carbonyl (C=O) groups excluding carboxylic acids is 2. The van der Waals surface area contributed by atoms with Crippen LogP contribution in [0.3, 0.4) is 0 Å². The Morgan fingerprint density at radius 3 is 2.33 bits per heavy atom. The van der Waals surface area contributed by atoms with Crippen molar-refractivity contribution in [3.8, 4) is 17.1 Å². The first kappa shape index (κ1) is 31.9. The smallest absolute Gasteiger partial charge is 0.335 e. The first-order valence-electron chi connectivity index (χ1n) is 14.6. The number of morpholine rings is 1. The highest BCUT2D eigenvalue weighted by atomic mass is 32.1. The maximum Gasteiger partial charge on any atom is 0.335 e. The second-order valence-electron chi connectivity index (χ2n) is 10.8. The topological polar surface area (TPSA) is 139 Å². The van der Waals surface area contributed by atoms with E-state index in [1.54, 1.807) is 24.3 Å². The average Bonchev–Trinajstić information content (AvgIpc) is 3.46. The maximum atomic E-state index is 12.6. The minimum atomic E-state index is -0.750. The van der Waals surface area contributed by atoms with E-state index in [0.29, 0.717) is 36.9 Å². The Balaban J connectivity index is 0.00000128. The summed E-state index contributed by atoms with van der Waals surface area (Å²) in [6.07, 6.45) is 2.32. The number of aromatic nitrogens is 3. The van der Waals surface area contributed by atoms with Crippen LogP contribution >= 0.6 is 0 Å². The minimum Gasteiger partial charge on any atom is -0.429 e. The number of hydrogen-bond donors (Lipinski definition) is 1. The van der Waals surface area contributed by atoms with E-state index in [1.807, 2.05) is 28.8 Å². The van der Waals surface area contributed by atoms with Crippen LogP contribution in [0.5, 0.6) is 5.75 Å². The first-order valence-corrected chi connectivity index (χ1v) is 15.3. The molecular weight excluding hydrogens is 598 g/mol. The second-order valence-corrected chi connectivity index (χ2v) is 11.0. The molecule has 2 aliphatic heterocycles. The Hall–Kier alpha value is -4.50. The van der Waals surface area contributed by atoms with Gasteiger partial charge in [-0.2, -0.15) is 8.42 Å². The second kappa shape index (κ2) is 15.5. The number of piperazine rings is 1. The molecule has 6 rings (SSSR count). The minimum absolute atomic E-state index is 0.140. The van der Waals surface area contributed by atoms with Gasteiger partial charge in [-0.1, -0.05) is 12.1 Å². The fraction of sp³-hybridized carbons (Fsp3) is 0.355. The Kier molecular flexibility index (Phi) is 11.0. The predicted octanol–water partition coefficient (Wildman–Crippen LogP) is 2.03. The van der Waals surface area contributed by atoms with Crippen molar-refractivity contribution in [1.82, 2.24) is 24.4 Å². The summed E-state index contributed by atoms with van der Waals surface area (Å²) in [4.78, 5) is 35.3. The number of nitrogens with one attached hydrogen (secondary N) is 1. The molecule has 13 nitrogen and oxygen atoms in total. The molecule has 2 aromatic carbocycles. The highest BCUT2D eigenvalue weighted by Crippen LogP contribution is 2.27. The van der Waals surface area contributed by atoms with E-state index < -0.39 is 11.6 Å². The molecule has 2 fully saturated rings. The summed E-state index contributed by atoms with van der Waals surface area (Å²) in [5, 5.41) is 7.84. The van der Waals surface area contributed by atoms with Gasteiger partial charge in [-0.15, -0.1) is 5.10 Å². The van der Waals surface area contributed by atoms with Gasteiger partial charge >= 0.3 is 11.6 Å². The largest absolute Gasteiger partial charge is 0.429 e. The number of amides is 1. The molecule has 0 spiro atoms. The summed E-state index contributed by atoms with van der Waals surface area (Å²) in [6.45, 7) is 8.45. The van der Waals surface area contributed by atoms with Crippen molar-refractivity contribution in [2.75, 3.05) is 69.7 Å². The van der Waals surface area contributed by atoms with E-state index in [4.69, 9.17) is 28.0 Å². The molecule has 1 amide bonds. The molecule has 2 saturated heterocycles. The van der Waals surface area contributed by atoms with Crippen molar-refractivity contribution in [2.45, 2.75) is 13.0 Å². The molecule has 0 bridgehead atoms. The number of carbonyl (C=O) groups is 2. The number of ether oxygens (including phenoxy) is 2. The highest BCUT2D eigenvalue weighted by Gasteiger charge is 2.21. The molecule has 45 heavy (non-hydrogen) atoms. The molecule has 1 N–H and O–H groups in total. The lowest BCUT2D eigenvalue weighted by atomic mass is 10.1. The number of anilines is 2. The van der Waals surface area contributed by atoms with E-state index in [9.17, 15) is 9.59 Å². The highest BCUT2D eigenvalue weighted by molar-refractivity contribution is 7.51. The monoisotopic (exact) mass is 633 g/mol. The van der Waals surface area contributed by atoms with Crippen LogP contribution < -0.4 is 15.0 Å². The normalized spacial score (nSPS) is 15.6. The van der Waals surface area contributed by atoms with Crippen molar-refractivity contribution in [2.24, 2.45) is 0 Å². The van der Waals surface area contributed by atoms with Crippen molar-refractivity contribution >= 4 is 41.0 Å². The molecule has 0 aliphatic carbocycles. The number of rotatable bonds is 9. The van der Waals surface area contributed by atoms with Crippen LogP contribution in [0.2, 0.25) is 0 Å². The predicted molar refractivity (Wildman–Crippen MR) is 169 cm³/mol. The number of likely N-dealkylation sites (N-methyl/N-ethyl adjacent to an activating group) is 1. The summed E-state index contributed by atoms with van der Waals surface area (Å²) in [5.74, 6) is 1.84. The van der Waals surface area contributed by atoms with Crippen LogP contribution in [-0.2, 0) is 38.9 Å². The summed E-state index contributed by atoms with van der Waals surface area (Å²) >= 11 is -0.750. The van der Waals surface area contributed by atoms with Crippen molar-refractivity contribution in [1.29, 1.82) is 0 Å². The molecule has 0 atom stereocenters. The van der Waals surface area contributed by atoms with Crippen LogP contribution in [0.25, 0.3) is 16.9 Å². The van der Waals surface area contributed by atoms with Crippen molar-refractivity contribution in [3.63, 3.8) is 0 Å². The third-order valence-corrected chi connectivity index (χ3v) is 7.71. The van der Waals surface area contributed by atoms with Gasteiger partial charge in [-0.25, -0.2) is 9.50 Å².